The molecule has 0 radical (unpaired) electrons. The van der Waals surface area contributed by atoms with Gasteiger partial charge in [-0.1, -0.05) is 12.1 Å². The van der Waals surface area contributed by atoms with E-state index in [0.29, 0.717) is 13.0 Å². The van der Waals surface area contributed by atoms with Crippen LogP contribution in [0.2, 0.25) is 0 Å². The zero-order valence-corrected chi connectivity index (χ0v) is 12.1. The molecule has 0 saturated heterocycles. The second-order valence-electron chi connectivity index (χ2n) is 3.86. The highest BCUT2D eigenvalue weighted by Gasteiger charge is 2.12. The number of rotatable bonds is 8. The van der Waals surface area contributed by atoms with Gasteiger partial charge in [0.2, 0.25) is 10.0 Å². The molecule has 102 valence electrons. The Hall–Kier alpha value is -0.560. The Morgan fingerprint density at radius 2 is 1.94 bits per heavy atom. The third-order valence-corrected chi connectivity index (χ3v) is 4.63. The fourth-order valence-corrected chi connectivity index (χ4v) is 2.98. The molecule has 18 heavy (non-hydrogen) atoms. The standard InChI is InChI=1S/C12H19NO3S2/c1-17-10-2-8-13-18(15,16)12-5-3-11(4-6-12)7-9-14/h3-6,13-14H,2,7-10H2,1H3. The molecular weight excluding hydrogens is 270 g/mol. The molecule has 0 unspecified atom stereocenters. The lowest BCUT2D eigenvalue weighted by Gasteiger charge is -2.07. The molecule has 2 N–H and O–H groups in total. The summed E-state index contributed by atoms with van der Waals surface area (Å²) >= 11 is 1.70. The summed E-state index contributed by atoms with van der Waals surface area (Å²) in [6.07, 6.45) is 3.36. The molecule has 0 aromatic heterocycles. The summed E-state index contributed by atoms with van der Waals surface area (Å²) < 4.78 is 26.4. The lowest BCUT2D eigenvalue weighted by atomic mass is 10.2. The van der Waals surface area contributed by atoms with Crippen molar-refractivity contribution in [3.63, 3.8) is 0 Å². The first-order chi connectivity index (χ1) is 8.60. The van der Waals surface area contributed by atoms with E-state index in [9.17, 15) is 8.42 Å². The third kappa shape index (κ3) is 4.97. The maximum Gasteiger partial charge on any atom is 0.240 e. The van der Waals surface area contributed by atoms with E-state index in [-0.39, 0.29) is 11.5 Å². The Kier molecular flexibility index (Phi) is 6.70. The first kappa shape index (κ1) is 15.5. The molecule has 0 spiro atoms. The quantitative estimate of drug-likeness (QED) is 0.707. The summed E-state index contributed by atoms with van der Waals surface area (Å²) in [5.74, 6) is 0.942. The average Bonchev–Trinajstić information content (AvgIpc) is 2.36. The number of thioether (sulfide) groups is 1. The predicted molar refractivity (Wildman–Crippen MR) is 75.4 cm³/mol. The van der Waals surface area contributed by atoms with Crippen LogP contribution in [-0.4, -0.2) is 38.7 Å². The van der Waals surface area contributed by atoms with Crippen LogP contribution >= 0.6 is 11.8 Å². The second kappa shape index (κ2) is 7.78. The van der Waals surface area contributed by atoms with Gasteiger partial charge in [-0.25, -0.2) is 13.1 Å². The van der Waals surface area contributed by atoms with E-state index in [0.717, 1.165) is 17.7 Å². The molecule has 1 aromatic carbocycles. The summed E-state index contributed by atoms with van der Waals surface area (Å²) in [6, 6.07) is 6.60. The van der Waals surface area contributed by atoms with Crippen LogP contribution < -0.4 is 4.72 Å². The second-order valence-corrected chi connectivity index (χ2v) is 6.61. The Labute approximate surface area is 113 Å². The maximum absolute atomic E-state index is 11.9. The average molecular weight is 289 g/mol. The fraction of sp³-hybridized carbons (Fsp3) is 0.500. The van der Waals surface area contributed by atoms with Crippen molar-refractivity contribution in [3.8, 4) is 0 Å². The highest BCUT2D eigenvalue weighted by Crippen LogP contribution is 2.11. The van der Waals surface area contributed by atoms with Crippen LogP contribution in [-0.2, 0) is 16.4 Å². The van der Waals surface area contributed by atoms with Crippen molar-refractivity contribution in [3.05, 3.63) is 29.8 Å². The highest BCUT2D eigenvalue weighted by atomic mass is 32.2. The van der Waals surface area contributed by atoms with Crippen molar-refractivity contribution in [2.24, 2.45) is 0 Å². The maximum atomic E-state index is 11.9. The molecule has 0 amide bonds. The van der Waals surface area contributed by atoms with Gasteiger partial charge in [0.25, 0.3) is 0 Å². The van der Waals surface area contributed by atoms with Crippen molar-refractivity contribution in [1.82, 2.24) is 4.72 Å². The molecule has 0 aliphatic heterocycles. The number of benzene rings is 1. The molecule has 0 aliphatic carbocycles. The Morgan fingerprint density at radius 1 is 1.28 bits per heavy atom. The molecule has 0 fully saturated rings. The third-order valence-electron chi connectivity index (χ3n) is 2.45. The SMILES string of the molecule is CSCCCNS(=O)(=O)c1ccc(CCO)cc1. The molecule has 0 saturated carbocycles. The van der Waals surface area contributed by atoms with E-state index in [2.05, 4.69) is 4.72 Å². The van der Waals surface area contributed by atoms with Crippen LogP contribution in [0.15, 0.2) is 29.2 Å². The summed E-state index contributed by atoms with van der Waals surface area (Å²) in [4.78, 5) is 0.272. The first-order valence-corrected chi connectivity index (χ1v) is 8.66. The molecular formula is C12H19NO3S2. The van der Waals surface area contributed by atoms with Crippen molar-refractivity contribution in [1.29, 1.82) is 0 Å². The molecule has 0 atom stereocenters. The zero-order chi connectivity index (χ0) is 13.4. The lowest BCUT2D eigenvalue weighted by Crippen LogP contribution is -2.25. The van der Waals surface area contributed by atoms with Crippen LogP contribution in [0.4, 0.5) is 0 Å². The number of hydrogen-bond donors (Lipinski definition) is 2. The largest absolute Gasteiger partial charge is 0.396 e. The summed E-state index contributed by atoms with van der Waals surface area (Å²) in [5.41, 5.74) is 0.929. The van der Waals surface area contributed by atoms with Crippen molar-refractivity contribution >= 4 is 21.8 Å². The van der Waals surface area contributed by atoms with Crippen LogP contribution in [0.25, 0.3) is 0 Å². The minimum atomic E-state index is -3.39. The predicted octanol–water partition coefficient (Wildman–Crippen LogP) is 1.25. The molecule has 0 aliphatic rings. The zero-order valence-electron chi connectivity index (χ0n) is 10.4. The fourth-order valence-electron chi connectivity index (χ4n) is 1.47. The van der Waals surface area contributed by atoms with Crippen LogP contribution in [0.5, 0.6) is 0 Å². The van der Waals surface area contributed by atoms with Gasteiger partial charge >= 0.3 is 0 Å². The lowest BCUT2D eigenvalue weighted by molar-refractivity contribution is 0.299. The van der Waals surface area contributed by atoms with E-state index in [1.165, 1.54) is 0 Å². The number of hydrogen-bond acceptors (Lipinski definition) is 4. The summed E-state index contributed by atoms with van der Waals surface area (Å²) in [6.45, 7) is 0.528. The number of sulfonamides is 1. The van der Waals surface area contributed by atoms with E-state index in [1.807, 2.05) is 6.26 Å². The van der Waals surface area contributed by atoms with Crippen molar-refractivity contribution in [2.45, 2.75) is 17.7 Å². The smallest absolute Gasteiger partial charge is 0.240 e. The number of aliphatic hydroxyl groups excluding tert-OH is 1. The molecule has 0 heterocycles. The van der Waals surface area contributed by atoms with Gasteiger partial charge in [0.1, 0.15) is 0 Å². The minimum Gasteiger partial charge on any atom is -0.396 e. The van der Waals surface area contributed by atoms with Crippen molar-refractivity contribution < 1.29 is 13.5 Å². The van der Waals surface area contributed by atoms with Gasteiger partial charge in [0.15, 0.2) is 0 Å². The molecule has 4 nitrogen and oxygen atoms in total. The molecule has 1 rings (SSSR count). The van der Waals surface area contributed by atoms with Gasteiger partial charge < -0.3 is 5.11 Å². The van der Waals surface area contributed by atoms with Crippen LogP contribution in [0.1, 0.15) is 12.0 Å². The van der Waals surface area contributed by atoms with E-state index >= 15 is 0 Å². The first-order valence-electron chi connectivity index (χ1n) is 5.78. The minimum absolute atomic E-state index is 0.0685. The molecule has 6 heteroatoms. The van der Waals surface area contributed by atoms with E-state index in [1.54, 1.807) is 36.0 Å². The van der Waals surface area contributed by atoms with Crippen LogP contribution in [0.3, 0.4) is 0 Å². The molecule has 0 bridgehead atoms. The summed E-state index contributed by atoms with van der Waals surface area (Å²) in [7, 11) is -3.39. The van der Waals surface area contributed by atoms with E-state index < -0.39 is 10.0 Å². The monoisotopic (exact) mass is 289 g/mol. The van der Waals surface area contributed by atoms with Crippen molar-refractivity contribution in [2.75, 3.05) is 25.2 Å². The number of nitrogens with one attached hydrogen (secondary N) is 1. The molecule has 1 aromatic rings. The van der Waals surface area contributed by atoms with Gasteiger partial charge in [-0.05, 0) is 42.5 Å². The number of aliphatic hydroxyl groups is 1. The Balaban J connectivity index is 2.61. The van der Waals surface area contributed by atoms with Gasteiger partial charge in [-0.15, -0.1) is 0 Å². The Bertz CT molecular complexity index is 443. The van der Waals surface area contributed by atoms with Gasteiger partial charge in [-0.3, -0.25) is 0 Å². The van der Waals surface area contributed by atoms with E-state index in [4.69, 9.17) is 5.11 Å². The van der Waals surface area contributed by atoms with Gasteiger partial charge in [-0.2, -0.15) is 11.8 Å². The Morgan fingerprint density at radius 3 is 2.50 bits per heavy atom. The van der Waals surface area contributed by atoms with Gasteiger partial charge in [0.05, 0.1) is 4.90 Å². The van der Waals surface area contributed by atoms with Gasteiger partial charge in [0, 0.05) is 13.2 Å². The highest BCUT2D eigenvalue weighted by molar-refractivity contribution is 7.98. The summed E-state index contributed by atoms with van der Waals surface area (Å²) in [5, 5.41) is 8.78. The van der Waals surface area contributed by atoms with Crippen LogP contribution in [0, 0.1) is 0 Å². The normalized spacial score (nSPS) is 11.7. The topological polar surface area (TPSA) is 66.4 Å².